The van der Waals surface area contributed by atoms with Gasteiger partial charge < -0.3 is 5.32 Å². The van der Waals surface area contributed by atoms with E-state index in [1.807, 2.05) is 0 Å². The Morgan fingerprint density at radius 1 is 1.05 bits per heavy atom. The Morgan fingerprint density at radius 2 is 1.63 bits per heavy atom. The van der Waals surface area contributed by atoms with Gasteiger partial charge in [0.25, 0.3) is 0 Å². The van der Waals surface area contributed by atoms with Gasteiger partial charge in [0.15, 0.2) is 0 Å². The molecule has 1 N–H and O–H groups in total. The van der Waals surface area contributed by atoms with E-state index in [9.17, 15) is 8.78 Å². The van der Waals surface area contributed by atoms with Crippen LogP contribution in [0.2, 0.25) is 5.02 Å². The van der Waals surface area contributed by atoms with Crippen molar-refractivity contribution in [3.8, 4) is 0 Å². The van der Waals surface area contributed by atoms with Gasteiger partial charge in [0, 0.05) is 11.1 Å². The average molecular weight is 347 g/mol. The first-order chi connectivity index (χ1) is 9.06. The normalized spacial score (nSPS) is 12.5. The van der Waals surface area contributed by atoms with Crippen LogP contribution >= 0.6 is 27.5 Å². The lowest BCUT2D eigenvalue weighted by atomic mass is 9.98. The quantitative estimate of drug-likeness (QED) is 0.850. The first-order valence-electron chi connectivity index (χ1n) is 5.61. The van der Waals surface area contributed by atoms with E-state index in [4.69, 9.17) is 11.6 Å². The number of hydrogen-bond acceptors (Lipinski definition) is 1. The minimum absolute atomic E-state index is 0.0214. The Kier molecular flexibility index (Phi) is 4.55. The second kappa shape index (κ2) is 5.99. The lowest BCUT2D eigenvalue weighted by Gasteiger charge is -2.19. The van der Waals surface area contributed by atoms with Gasteiger partial charge in [0.05, 0.1) is 15.5 Å². The van der Waals surface area contributed by atoms with E-state index < -0.39 is 17.7 Å². The molecule has 0 bridgehead atoms. The SMILES string of the molecule is CNC(c1cccc(Cl)c1F)c1cccc(Br)c1F. The van der Waals surface area contributed by atoms with Crippen molar-refractivity contribution in [1.29, 1.82) is 0 Å². The van der Waals surface area contributed by atoms with Crippen LogP contribution in [-0.4, -0.2) is 7.05 Å². The molecule has 19 heavy (non-hydrogen) atoms. The fraction of sp³-hybridized carbons (Fsp3) is 0.143. The standard InChI is InChI=1S/C14H11BrClF2N/c1-19-14(8-4-2-6-10(15)12(8)17)9-5-3-7-11(16)13(9)18/h2-7,14,19H,1H3. The van der Waals surface area contributed by atoms with Crippen LogP contribution in [0.25, 0.3) is 0 Å². The maximum atomic E-state index is 14.1. The summed E-state index contributed by atoms with van der Waals surface area (Å²) < 4.78 is 28.5. The molecule has 0 spiro atoms. The molecule has 1 atom stereocenters. The molecule has 0 aliphatic carbocycles. The summed E-state index contributed by atoms with van der Waals surface area (Å²) in [6.07, 6.45) is 0. The van der Waals surface area contributed by atoms with Crippen molar-refractivity contribution < 1.29 is 8.78 Å². The monoisotopic (exact) mass is 345 g/mol. The maximum Gasteiger partial charge on any atom is 0.146 e. The fourth-order valence-electron chi connectivity index (χ4n) is 1.97. The van der Waals surface area contributed by atoms with Crippen molar-refractivity contribution in [2.24, 2.45) is 0 Å². The number of hydrogen-bond donors (Lipinski definition) is 1. The van der Waals surface area contributed by atoms with E-state index in [-0.39, 0.29) is 5.02 Å². The lowest BCUT2D eigenvalue weighted by molar-refractivity contribution is 0.544. The Morgan fingerprint density at radius 3 is 2.26 bits per heavy atom. The Labute approximate surface area is 123 Å². The summed E-state index contributed by atoms with van der Waals surface area (Å²) in [6, 6.07) is 9.00. The molecule has 0 heterocycles. The molecule has 0 saturated heterocycles. The molecule has 0 fully saturated rings. The largest absolute Gasteiger partial charge is 0.309 e. The molecule has 0 radical (unpaired) electrons. The molecule has 5 heteroatoms. The van der Waals surface area contributed by atoms with Crippen molar-refractivity contribution in [2.75, 3.05) is 7.05 Å². The van der Waals surface area contributed by atoms with Crippen molar-refractivity contribution in [2.45, 2.75) is 6.04 Å². The Hall–Kier alpha value is -0.970. The molecule has 0 aliphatic rings. The van der Waals surface area contributed by atoms with Crippen LogP contribution in [0.5, 0.6) is 0 Å². The number of nitrogens with one attached hydrogen (secondary N) is 1. The summed E-state index contributed by atoms with van der Waals surface area (Å²) in [7, 11) is 1.64. The molecule has 0 aliphatic heterocycles. The topological polar surface area (TPSA) is 12.0 Å². The molecule has 1 unspecified atom stereocenters. The summed E-state index contributed by atoms with van der Waals surface area (Å²) in [5, 5.41) is 2.93. The van der Waals surface area contributed by atoms with Crippen LogP contribution in [0.15, 0.2) is 40.9 Å². The molecule has 1 nitrogen and oxygen atoms in total. The highest BCUT2D eigenvalue weighted by Crippen LogP contribution is 2.31. The third-order valence-corrected chi connectivity index (χ3v) is 3.78. The molecule has 0 aromatic heterocycles. The molecule has 0 amide bonds. The summed E-state index contributed by atoms with van der Waals surface area (Å²) in [6.45, 7) is 0. The van der Waals surface area contributed by atoms with E-state index in [0.29, 0.717) is 15.6 Å². The number of rotatable bonds is 3. The third-order valence-electron chi connectivity index (χ3n) is 2.87. The van der Waals surface area contributed by atoms with Crippen LogP contribution in [0, 0.1) is 11.6 Å². The first-order valence-corrected chi connectivity index (χ1v) is 6.78. The zero-order valence-corrected chi connectivity index (χ0v) is 12.4. The van der Waals surface area contributed by atoms with Gasteiger partial charge in [-0.15, -0.1) is 0 Å². The van der Waals surface area contributed by atoms with Crippen LogP contribution < -0.4 is 5.32 Å². The Balaban J connectivity index is 2.57. The maximum absolute atomic E-state index is 14.1. The molecule has 100 valence electrons. The lowest BCUT2D eigenvalue weighted by Crippen LogP contribution is -2.20. The smallest absolute Gasteiger partial charge is 0.146 e. The second-order valence-corrected chi connectivity index (χ2v) is 5.27. The predicted molar refractivity (Wildman–Crippen MR) is 76.4 cm³/mol. The highest BCUT2D eigenvalue weighted by Gasteiger charge is 2.21. The molecular formula is C14H11BrClF2N. The highest BCUT2D eigenvalue weighted by molar-refractivity contribution is 9.10. The average Bonchev–Trinajstić information content (AvgIpc) is 2.40. The van der Waals surface area contributed by atoms with Crippen molar-refractivity contribution in [1.82, 2.24) is 5.32 Å². The van der Waals surface area contributed by atoms with Gasteiger partial charge >= 0.3 is 0 Å². The van der Waals surface area contributed by atoms with Gasteiger partial charge in [0.1, 0.15) is 11.6 Å². The van der Waals surface area contributed by atoms with E-state index >= 15 is 0 Å². The van der Waals surface area contributed by atoms with Gasteiger partial charge in [0.2, 0.25) is 0 Å². The molecular weight excluding hydrogens is 336 g/mol. The van der Waals surface area contributed by atoms with E-state index in [1.165, 1.54) is 6.07 Å². The van der Waals surface area contributed by atoms with Gasteiger partial charge in [-0.2, -0.15) is 0 Å². The first kappa shape index (κ1) is 14.4. The van der Waals surface area contributed by atoms with Crippen LogP contribution in [0.1, 0.15) is 17.2 Å². The molecule has 2 rings (SSSR count). The molecule has 0 saturated carbocycles. The van der Waals surface area contributed by atoms with Crippen LogP contribution in [-0.2, 0) is 0 Å². The summed E-state index contributed by atoms with van der Waals surface area (Å²) in [5.74, 6) is -0.955. The van der Waals surface area contributed by atoms with Gasteiger partial charge in [-0.25, -0.2) is 8.78 Å². The Bertz CT molecular complexity index is 552. The summed E-state index contributed by atoms with van der Waals surface area (Å²) >= 11 is 8.89. The minimum Gasteiger partial charge on any atom is -0.309 e. The van der Waals surface area contributed by atoms with Crippen molar-refractivity contribution in [3.63, 3.8) is 0 Å². The van der Waals surface area contributed by atoms with Gasteiger partial charge in [-0.1, -0.05) is 35.9 Å². The second-order valence-electron chi connectivity index (χ2n) is 4.01. The minimum atomic E-state index is -0.601. The number of benzene rings is 2. The van der Waals surface area contributed by atoms with Crippen LogP contribution in [0.4, 0.5) is 8.78 Å². The zero-order valence-electron chi connectivity index (χ0n) is 10.1. The molecule has 2 aromatic carbocycles. The van der Waals surface area contributed by atoms with E-state index in [1.54, 1.807) is 37.4 Å². The van der Waals surface area contributed by atoms with Gasteiger partial charge in [-0.05, 0) is 35.1 Å². The van der Waals surface area contributed by atoms with Crippen molar-refractivity contribution >= 4 is 27.5 Å². The third kappa shape index (κ3) is 2.81. The van der Waals surface area contributed by atoms with Gasteiger partial charge in [-0.3, -0.25) is 0 Å². The fourth-order valence-corrected chi connectivity index (χ4v) is 2.53. The summed E-state index contributed by atoms with van der Waals surface area (Å²) in [5.41, 5.74) is 0.671. The van der Waals surface area contributed by atoms with E-state index in [2.05, 4.69) is 21.2 Å². The van der Waals surface area contributed by atoms with Crippen molar-refractivity contribution in [3.05, 3.63) is 68.7 Å². The zero-order chi connectivity index (χ0) is 14.0. The predicted octanol–water partition coefficient (Wildman–Crippen LogP) is 4.69. The highest BCUT2D eigenvalue weighted by atomic mass is 79.9. The number of halogens is 4. The summed E-state index contributed by atoms with van der Waals surface area (Å²) in [4.78, 5) is 0. The molecule has 2 aromatic rings. The van der Waals surface area contributed by atoms with E-state index in [0.717, 1.165) is 0 Å². The van der Waals surface area contributed by atoms with Crippen LogP contribution in [0.3, 0.4) is 0 Å².